The van der Waals surface area contributed by atoms with Crippen molar-refractivity contribution in [2.45, 2.75) is 33.2 Å². The van der Waals surface area contributed by atoms with E-state index in [-0.39, 0.29) is 13.2 Å². The second kappa shape index (κ2) is 8.64. The van der Waals surface area contributed by atoms with Gasteiger partial charge in [-0.2, -0.15) is 24.0 Å². The summed E-state index contributed by atoms with van der Waals surface area (Å²) < 4.78 is 41.9. The molecule has 0 fully saturated rings. The molecule has 0 unspecified atom stereocenters. The predicted molar refractivity (Wildman–Crippen MR) is 94.4 cm³/mol. The lowest BCUT2D eigenvalue weighted by Gasteiger charge is -2.10. The van der Waals surface area contributed by atoms with Gasteiger partial charge in [0.2, 0.25) is 0 Å². The van der Waals surface area contributed by atoms with Crippen LogP contribution >= 0.6 is 0 Å². The third kappa shape index (κ3) is 5.28. The van der Waals surface area contributed by atoms with Crippen molar-refractivity contribution in [1.29, 1.82) is 10.5 Å². The van der Waals surface area contributed by atoms with E-state index in [0.29, 0.717) is 46.9 Å². The zero-order valence-corrected chi connectivity index (χ0v) is 15.7. The molecule has 0 aliphatic carbocycles. The first-order chi connectivity index (χ1) is 12.8. The summed E-state index contributed by atoms with van der Waals surface area (Å²) in [5, 5.41) is 22.6. The molecule has 142 valence electrons. The van der Waals surface area contributed by atoms with Gasteiger partial charge in [0.25, 0.3) is 0 Å². The minimum absolute atomic E-state index is 0.0982. The lowest BCUT2D eigenvalue weighted by molar-refractivity contribution is 0.251. The maximum atomic E-state index is 10.7. The summed E-state index contributed by atoms with van der Waals surface area (Å²) in [5.41, 5.74) is 1.94. The quantitative estimate of drug-likeness (QED) is 0.678. The van der Waals surface area contributed by atoms with Crippen LogP contribution < -0.4 is 4.74 Å². The van der Waals surface area contributed by atoms with E-state index in [0.717, 1.165) is 0 Å². The molecule has 0 aliphatic heterocycles. The number of hydrogen-bond donors (Lipinski definition) is 1. The summed E-state index contributed by atoms with van der Waals surface area (Å²) in [7, 11) is -4.52. The standard InChI is InChI=1S/C17H18N4O5S/c1-3-15-17(26-14-8-12(10-18)7-13(9-14)11-19)16(4-2)21(20-15)5-6-25-27(22,23)24/h7-9H,3-6H2,1-2H3,(H,22,23,24). The molecule has 10 heteroatoms. The summed E-state index contributed by atoms with van der Waals surface area (Å²) in [4.78, 5) is 0. The van der Waals surface area contributed by atoms with E-state index in [1.807, 2.05) is 26.0 Å². The first kappa shape index (κ1) is 20.4. The van der Waals surface area contributed by atoms with Gasteiger partial charge in [-0.3, -0.25) is 9.23 Å². The molecule has 2 rings (SSSR count). The Balaban J connectivity index is 2.36. The van der Waals surface area contributed by atoms with E-state index in [9.17, 15) is 8.42 Å². The van der Waals surface area contributed by atoms with Gasteiger partial charge in [-0.15, -0.1) is 0 Å². The van der Waals surface area contributed by atoms with Crippen LogP contribution in [0.2, 0.25) is 0 Å². The van der Waals surface area contributed by atoms with Gasteiger partial charge in [-0.25, -0.2) is 4.18 Å². The molecule has 0 radical (unpaired) electrons. The summed E-state index contributed by atoms with van der Waals surface area (Å²) in [6, 6.07) is 8.48. The highest BCUT2D eigenvalue weighted by atomic mass is 32.3. The second-order valence-corrected chi connectivity index (χ2v) is 6.57. The van der Waals surface area contributed by atoms with Gasteiger partial charge in [0.05, 0.1) is 42.1 Å². The Morgan fingerprint density at radius 1 is 1.15 bits per heavy atom. The molecule has 9 nitrogen and oxygen atoms in total. The van der Waals surface area contributed by atoms with Gasteiger partial charge in [0, 0.05) is 0 Å². The first-order valence-corrected chi connectivity index (χ1v) is 9.51. The first-order valence-electron chi connectivity index (χ1n) is 8.14. The van der Waals surface area contributed by atoms with Crippen LogP contribution in [0.5, 0.6) is 11.5 Å². The molecule has 0 bridgehead atoms. The Hall–Kier alpha value is -2.92. The van der Waals surface area contributed by atoms with Crippen LogP contribution in [0.25, 0.3) is 0 Å². The Kier molecular flexibility index (Phi) is 6.53. The van der Waals surface area contributed by atoms with Crippen molar-refractivity contribution >= 4 is 10.4 Å². The zero-order valence-electron chi connectivity index (χ0n) is 14.8. The number of nitrogens with zero attached hydrogens (tertiary/aromatic N) is 4. The van der Waals surface area contributed by atoms with Crippen molar-refractivity contribution in [3.63, 3.8) is 0 Å². The molecule has 0 spiro atoms. The highest BCUT2D eigenvalue weighted by Gasteiger charge is 2.19. The van der Waals surface area contributed by atoms with Gasteiger partial charge in [-0.1, -0.05) is 13.8 Å². The van der Waals surface area contributed by atoms with Crippen molar-refractivity contribution in [2.24, 2.45) is 0 Å². The third-order valence-electron chi connectivity index (χ3n) is 3.67. The van der Waals surface area contributed by atoms with Crippen molar-refractivity contribution in [1.82, 2.24) is 9.78 Å². The molecule has 0 atom stereocenters. The van der Waals surface area contributed by atoms with Crippen LogP contribution in [0.1, 0.15) is 36.4 Å². The molecule has 1 heterocycles. The van der Waals surface area contributed by atoms with Gasteiger partial charge in [0.15, 0.2) is 5.75 Å². The third-order valence-corrected chi connectivity index (χ3v) is 4.13. The van der Waals surface area contributed by atoms with Gasteiger partial charge in [0.1, 0.15) is 11.4 Å². The van der Waals surface area contributed by atoms with Crippen LogP contribution in [-0.2, 0) is 34.0 Å². The number of aromatic nitrogens is 2. The molecule has 1 aromatic carbocycles. The molecule has 0 saturated heterocycles. The van der Waals surface area contributed by atoms with Crippen molar-refractivity contribution in [3.05, 3.63) is 40.7 Å². The summed E-state index contributed by atoms with van der Waals surface area (Å²) in [6.45, 7) is 3.59. The van der Waals surface area contributed by atoms with Crippen molar-refractivity contribution in [3.8, 4) is 23.6 Å². The minimum Gasteiger partial charge on any atom is -0.453 e. The topological polar surface area (TPSA) is 138 Å². The summed E-state index contributed by atoms with van der Waals surface area (Å²) in [6.07, 6.45) is 1.09. The number of nitriles is 2. The molecule has 1 aromatic heterocycles. The molecule has 1 N–H and O–H groups in total. The minimum atomic E-state index is -4.52. The van der Waals surface area contributed by atoms with Gasteiger partial charge in [-0.05, 0) is 31.0 Å². The van der Waals surface area contributed by atoms with Crippen LogP contribution in [0.4, 0.5) is 0 Å². The molecule has 2 aromatic rings. The van der Waals surface area contributed by atoms with E-state index in [1.165, 1.54) is 18.2 Å². The van der Waals surface area contributed by atoms with E-state index in [2.05, 4.69) is 9.28 Å². The molecular weight excluding hydrogens is 372 g/mol. The van der Waals surface area contributed by atoms with Crippen LogP contribution in [-0.4, -0.2) is 29.4 Å². The Bertz CT molecular complexity index is 983. The van der Waals surface area contributed by atoms with Crippen LogP contribution in [0.3, 0.4) is 0 Å². The summed E-state index contributed by atoms with van der Waals surface area (Å²) >= 11 is 0. The fourth-order valence-electron chi connectivity index (χ4n) is 2.55. The number of aryl methyl sites for hydroxylation is 1. The monoisotopic (exact) mass is 390 g/mol. The van der Waals surface area contributed by atoms with E-state index in [4.69, 9.17) is 19.8 Å². The Labute approximate surface area is 157 Å². The average Bonchev–Trinajstić information content (AvgIpc) is 2.96. The van der Waals surface area contributed by atoms with Crippen molar-refractivity contribution in [2.75, 3.05) is 6.61 Å². The Morgan fingerprint density at radius 3 is 2.26 bits per heavy atom. The van der Waals surface area contributed by atoms with Crippen molar-refractivity contribution < 1.29 is 21.9 Å². The number of ether oxygens (including phenoxy) is 1. The summed E-state index contributed by atoms with van der Waals surface area (Å²) in [5.74, 6) is 0.828. The number of hydrogen-bond acceptors (Lipinski definition) is 7. The van der Waals surface area contributed by atoms with E-state index >= 15 is 0 Å². The molecule has 0 amide bonds. The fourth-order valence-corrected chi connectivity index (χ4v) is 2.83. The average molecular weight is 390 g/mol. The lowest BCUT2D eigenvalue weighted by atomic mass is 10.1. The van der Waals surface area contributed by atoms with E-state index < -0.39 is 10.4 Å². The highest BCUT2D eigenvalue weighted by molar-refractivity contribution is 7.80. The smallest absolute Gasteiger partial charge is 0.397 e. The normalized spacial score (nSPS) is 11.0. The fraction of sp³-hybridized carbons (Fsp3) is 0.353. The highest BCUT2D eigenvalue weighted by Crippen LogP contribution is 2.31. The molecule has 0 aliphatic rings. The number of rotatable bonds is 8. The van der Waals surface area contributed by atoms with E-state index in [1.54, 1.807) is 4.68 Å². The SMILES string of the molecule is CCc1nn(CCOS(=O)(=O)O)c(CC)c1Oc1cc(C#N)cc(C#N)c1. The molecule has 27 heavy (non-hydrogen) atoms. The zero-order chi connectivity index (χ0) is 20.0. The van der Waals surface area contributed by atoms with Crippen LogP contribution in [0.15, 0.2) is 18.2 Å². The number of benzene rings is 1. The second-order valence-electron chi connectivity index (χ2n) is 5.47. The lowest BCUT2D eigenvalue weighted by Crippen LogP contribution is -2.13. The largest absolute Gasteiger partial charge is 0.453 e. The Morgan fingerprint density at radius 2 is 1.78 bits per heavy atom. The predicted octanol–water partition coefficient (Wildman–Crippen LogP) is 2.36. The maximum Gasteiger partial charge on any atom is 0.397 e. The molecular formula is C17H18N4O5S. The van der Waals surface area contributed by atoms with Crippen LogP contribution in [0, 0.1) is 22.7 Å². The maximum absolute atomic E-state index is 10.7. The van der Waals surface area contributed by atoms with Gasteiger partial charge >= 0.3 is 10.4 Å². The van der Waals surface area contributed by atoms with Gasteiger partial charge < -0.3 is 4.74 Å². The molecule has 0 saturated carbocycles.